The lowest BCUT2D eigenvalue weighted by molar-refractivity contribution is 0.243. The third-order valence-electron chi connectivity index (χ3n) is 4.82. The van der Waals surface area contributed by atoms with Crippen LogP contribution in [-0.4, -0.2) is 19.1 Å². The Hall–Kier alpha value is -3.28. The number of furan rings is 1. The molecule has 2 amide bonds. The van der Waals surface area contributed by atoms with Crippen molar-refractivity contribution in [3.63, 3.8) is 0 Å². The second-order valence-corrected chi connectivity index (χ2v) is 6.87. The maximum absolute atomic E-state index is 13.3. The van der Waals surface area contributed by atoms with Gasteiger partial charge in [0.25, 0.3) is 0 Å². The van der Waals surface area contributed by atoms with Gasteiger partial charge in [-0.2, -0.15) is 0 Å². The van der Waals surface area contributed by atoms with E-state index >= 15 is 0 Å². The summed E-state index contributed by atoms with van der Waals surface area (Å²) in [5.74, 6) is 1.24. The highest BCUT2D eigenvalue weighted by atomic mass is 19.1. The van der Waals surface area contributed by atoms with E-state index in [0.717, 1.165) is 41.2 Å². The van der Waals surface area contributed by atoms with Crippen LogP contribution in [0.5, 0.6) is 0 Å². The van der Waals surface area contributed by atoms with Gasteiger partial charge in [-0.1, -0.05) is 6.07 Å². The normalized spacial score (nSPS) is 14.1. The topological polar surface area (TPSA) is 57.5 Å². The highest BCUT2D eigenvalue weighted by Gasteiger charge is 2.19. The molecule has 5 nitrogen and oxygen atoms in total. The average molecular weight is 379 g/mol. The van der Waals surface area contributed by atoms with Crippen molar-refractivity contribution in [1.29, 1.82) is 0 Å². The molecule has 0 saturated carbocycles. The molecule has 1 fully saturated rings. The van der Waals surface area contributed by atoms with Gasteiger partial charge >= 0.3 is 6.03 Å². The van der Waals surface area contributed by atoms with Gasteiger partial charge < -0.3 is 15.1 Å². The lowest BCUT2D eigenvalue weighted by atomic mass is 10.1. The van der Waals surface area contributed by atoms with Gasteiger partial charge in [-0.05, 0) is 67.4 Å². The van der Waals surface area contributed by atoms with Gasteiger partial charge in [-0.25, -0.2) is 9.18 Å². The van der Waals surface area contributed by atoms with Gasteiger partial charge in [0.2, 0.25) is 0 Å². The van der Waals surface area contributed by atoms with E-state index in [-0.39, 0.29) is 11.8 Å². The molecule has 1 aromatic heterocycles. The Morgan fingerprint density at radius 1 is 1.18 bits per heavy atom. The smallest absolute Gasteiger partial charge is 0.321 e. The first-order chi connectivity index (χ1) is 13.6. The van der Waals surface area contributed by atoms with Crippen LogP contribution in [0.1, 0.15) is 17.7 Å². The summed E-state index contributed by atoms with van der Waals surface area (Å²) in [4.78, 5) is 13.8. The molecule has 6 heteroatoms. The first-order valence-electron chi connectivity index (χ1n) is 9.35. The Morgan fingerprint density at radius 2 is 2.07 bits per heavy atom. The van der Waals surface area contributed by atoms with Crippen LogP contribution >= 0.6 is 0 Å². The molecule has 2 aromatic carbocycles. The standard InChI is InChI=1S/C22H22FN3O2/c1-15-12-16(23)6-8-20(15)21-9-7-19(28-21)14-25-17-4-2-5-18(13-17)26-11-3-10-24-22(26)27/h2,4-9,12-13,25H,3,10-11,14H2,1H3,(H,24,27). The lowest BCUT2D eigenvalue weighted by Gasteiger charge is -2.27. The number of benzene rings is 2. The summed E-state index contributed by atoms with van der Waals surface area (Å²) in [5, 5.41) is 6.19. The number of nitrogens with zero attached hydrogens (tertiary/aromatic N) is 1. The summed E-state index contributed by atoms with van der Waals surface area (Å²) in [5.41, 5.74) is 3.49. The number of rotatable bonds is 5. The Bertz CT molecular complexity index is 999. The molecule has 1 saturated heterocycles. The summed E-state index contributed by atoms with van der Waals surface area (Å²) < 4.78 is 19.2. The van der Waals surface area contributed by atoms with Crippen molar-refractivity contribution in [3.05, 3.63) is 71.7 Å². The molecule has 0 aliphatic carbocycles. The van der Waals surface area contributed by atoms with E-state index in [2.05, 4.69) is 10.6 Å². The highest BCUT2D eigenvalue weighted by Crippen LogP contribution is 2.27. The van der Waals surface area contributed by atoms with Crippen LogP contribution in [-0.2, 0) is 6.54 Å². The van der Waals surface area contributed by atoms with Gasteiger partial charge in [0, 0.05) is 30.0 Å². The van der Waals surface area contributed by atoms with Gasteiger partial charge in [0.15, 0.2) is 0 Å². The second kappa shape index (κ2) is 7.76. The van der Waals surface area contributed by atoms with E-state index in [0.29, 0.717) is 18.8 Å². The molecule has 0 unspecified atom stereocenters. The van der Waals surface area contributed by atoms with Crippen LogP contribution < -0.4 is 15.5 Å². The fourth-order valence-corrected chi connectivity index (χ4v) is 3.37. The zero-order chi connectivity index (χ0) is 19.5. The number of hydrogen-bond donors (Lipinski definition) is 2. The number of carbonyl (C=O) groups is 1. The summed E-state index contributed by atoms with van der Waals surface area (Å²) in [6.45, 7) is 3.81. The quantitative estimate of drug-likeness (QED) is 0.661. The molecule has 0 bridgehead atoms. The van der Waals surface area contributed by atoms with E-state index in [9.17, 15) is 9.18 Å². The van der Waals surface area contributed by atoms with Crippen LogP contribution in [0.25, 0.3) is 11.3 Å². The third-order valence-corrected chi connectivity index (χ3v) is 4.82. The number of nitrogens with one attached hydrogen (secondary N) is 2. The van der Waals surface area contributed by atoms with Crippen molar-refractivity contribution in [2.45, 2.75) is 19.9 Å². The third kappa shape index (κ3) is 3.86. The van der Waals surface area contributed by atoms with Crippen molar-refractivity contribution in [2.24, 2.45) is 0 Å². The number of hydrogen-bond acceptors (Lipinski definition) is 3. The Kier molecular flexibility index (Phi) is 5.02. The SMILES string of the molecule is Cc1cc(F)ccc1-c1ccc(CNc2cccc(N3CCCNC3=O)c2)o1. The Morgan fingerprint density at radius 3 is 2.89 bits per heavy atom. The minimum absolute atomic E-state index is 0.0613. The molecule has 0 atom stereocenters. The van der Waals surface area contributed by atoms with E-state index < -0.39 is 0 Å². The molecule has 144 valence electrons. The monoisotopic (exact) mass is 379 g/mol. The van der Waals surface area contributed by atoms with Crippen molar-refractivity contribution in [2.75, 3.05) is 23.3 Å². The molecular formula is C22H22FN3O2. The summed E-state index contributed by atoms with van der Waals surface area (Å²) in [6.07, 6.45) is 0.932. The van der Waals surface area contributed by atoms with E-state index in [1.165, 1.54) is 12.1 Å². The van der Waals surface area contributed by atoms with Gasteiger partial charge in [-0.3, -0.25) is 4.90 Å². The first kappa shape index (κ1) is 18.1. The molecule has 28 heavy (non-hydrogen) atoms. The average Bonchev–Trinajstić information content (AvgIpc) is 3.16. The van der Waals surface area contributed by atoms with Crippen LogP contribution in [0.3, 0.4) is 0 Å². The number of amides is 2. The van der Waals surface area contributed by atoms with Crippen molar-refractivity contribution in [3.8, 4) is 11.3 Å². The molecule has 1 aliphatic heterocycles. The number of aryl methyl sites for hydroxylation is 1. The second-order valence-electron chi connectivity index (χ2n) is 6.87. The zero-order valence-corrected chi connectivity index (χ0v) is 15.7. The fraction of sp³-hybridized carbons (Fsp3) is 0.227. The largest absolute Gasteiger partial charge is 0.459 e. The number of halogens is 1. The molecule has 2 N–H and O–H groups in total. The molecule has 4 rings (SSSR count). The first-order valence-corrected chi connectivity index (χ1v) is 9.35. The van der Waals surface area contributed by atoms with Crippen LogP contribution in [0.4, 0.5) is 20.6 Å². The van der Waals surface area contributed by atoms with Gasteiger partial charge in [0.1, 0.15) is 17.3 Å². The maximum atomic E-state index is 13.3. The molecule has 0 spiro atoms. The summed E-state index contributed by atoms with van der Waals surface area (Å²) in [6, 6.07) is 16.2. The predicted octanol–water partition coefficient (Wildman–Crippen LogP) is 4.93. The lowest BCUT2D eigenvalue weighted by Crippen LogP contribution is -2.46. The zero-order valence-electron chi connectivity index (χ0n) is 15.7. The number of anilines is 2. The van der Waals surface area contributed by atoms with Crippen LogP contribution in [0.2, 0.25) is 0 Å². The van der Waals surface area contributed by atoms with Crippen LogP contribution in [0.15, 0.2) is 59.0 Å². The van der Waals surface area contributed by atoms with Crippen molar-refractivity contribution < 1.29 is 13.6 Å². The van der Waals surface area contributed by atoms with E-state index in [1.807, 2.05) is 43.3 Å². The Balaban J connectivity index is 1.44. The number of carbonyl (C=O) groups excluding carboxylic acids is 1. The maximum Gasteiger partial charge on any atom is 0.321 e. The minimum atomic E-state index is -0.253. The molecular weight excluding hydrogens is 357 g/mol. The molecule has 3 aromatic rings. The molecule has 2 heterocycles. The highest BCUT2D eigenvalue weighted by molar-refractivity contribution is 5.93. The fourth-order valence-electron chi connectivity index (χ4n) is 3.37. The van der Waals surface area contributed by atoms with E-state index in [1.54, 1.807) is 11.0 Å². The summed E-state index contributed by atoms with van der Waals surface area (Å²) in [7, 11) is 0. The molecule has 0 radical (unpaired) electrons. The molecule has 1 aliphatic rings. The van der Waals surface area contributed by atoms with Crippen LogP contribution in [0, 0.1) is 12.7 Å². The van der Waals surface area contributed by atoms with Gasteiger partial charge in [-0.15, -0.1) is 0 Å². The van der Waals surface area contributed by atoms with Gasteiger partial charge in [0.05, 0.1) is 6.54 Å². The van der Waals surface area contributed by atoms with Crippen molar-refractivity contribution >= 4 is 17.4 Å². The summed E-state index contributed by atoms with van der Waals surface area (Å²) >= 11 is 0. The number of urea groups is 1. The minimum Gasteiger partial charge on any atom is -0.459 e. The Labute approximate surface area is 163 Å². The van der Waals surface area contributed by atoms with E-state index in [4.69, 9.17) is 4.42 Å². The predicted molar refractivity (Wildman–Crippen MR) is 108 cm³/mol. The van der Waals surface area contributed by atoms with Crippen molar-refractivity contribution in [1.82, 2.24) is 5.32 Å².